The normalized spacial score (nSPS) is 17.8. The van der Waals surface area contributed by atoms with E-state index in [0.717, 1.165) is 38.2 Å². The van der Waals surface area contributed by atoms with E-state index in [1.54, 1.807) is 0 Å². The van der Waals surface area contributed by atoms with E-state index in [0.29, 0.717) is 0 Å². The molecule has 3 nitrogen and oxygen atoms in total. The van der Waals surface area contributed by atoms with Gasteiger partial charge in [0.05, 0.1) is 12.2 Å². The van der Waals surface area contributed by atoms with Crippen LogP contribution in [0, 0.1) is 17.0 Å². The van der Waals surface area contributed by atoms with Gasteiger partial charge in [-0.2, -0.15) is 0 Å². The summed E-state index contributed by atoms with van der Waals surface area (Å²) in [5, 5.41) is 12.2. The van der Waals surface area contributed by atoms with Crippen LogP contribution in [-0.2, 0) is 0 Å². The first kappa shape index (κ1) is 14.9. The van der Waals surface area contributed by atoms with E-state index in [1.165, 1.54) is 12.1 Å². The first-order valence-corrected chi connectivity index (χ1v) is 6.91. The Labute approximate surface area is 117 Å². The molecule has 0 atom stereocenters. The summed E-state index contributed by atoms with van der Waals surface area (Å²) in [6.07, 6.45) is 4.86. The van der Waals surface area contributed by atoms with Crippen LogP contribution in [0.15, 0.2) is 18.2 Å². The van der Waals surface area contributed by atoms with Gasteiger partial charge in [0.15, 0.2) is 11.6 Å². The number of halogens is 2. The average Bonchev–Trinajstić information content (AvgIpc) is 2.48. The number of carbonyl (C=O) groups excluding carboxylic acids is 1. The molecule has 0 bridgehead atoms. The highest BCUT2D eigenvalue weighted by Crippen LogP contribution is 2.35. The quantitative estimate of drug-likeness (QED) is 0.892. The second-order valence-electron chi connectivity index (χ2n) is 5.50. The molecular weight excluding hydrogens is 264 g/mol. The standard InChI is InChI=1S/C15H19F2NO2/c16-12-6-4-5-11(13(12)17)14(20)18-9-15(10-19)7-2-1-3-8-15/h4-6,19H,1-3,7-10H2,(H,18,20). The SMILES string of the molecule is O=C(NCC1(CO)CCCCC1)c1cccc(F)c1F. The Balaban J connectivity index is 2.02. The van der Waals surface area contributed by atoms with Gasteiger partial charge >= 0.3 is 0 Å². The molecule has 0 aliphatic heterocycles. The van der Waals surface area contributed by atoms with Gasteiger partial charge in [-0.25, -0.2) is 8.78 Å². The molecule has 2 N–H and O–H groups in total. The maximum Gasteiger partial charge on any atom is 0.254 e. The van der Waals surface area contributed by atoms with Crippen LogP contribution in [-0.4, -0.2) is 24.2 Å². The third-order valence-corrected chi connectivity index (χ3v) is 4.07. The smallest absolute Gasteiger partial charge is 0.254 e. The number of aliphatic hydroxyl groups excluding tert-OH is 1. The summed E-state index contributed by atoms with van der Waals surface area (Å²) in [4.78, 5) is 11.9. The van der Waals surface area contributed by atoms with Crippen molar-refractivity contribution >= 4 is 5.91 Å². The monoisotopic (exact) mass is 283 g/mol. The van der Waals surface area contributed by atoms with E-state index in [-0.39, 0.29) is 24.1 Å². The number of hydrogen-bond acceptors (Lipinski definition) is 2. The molecule has 0 heterocycles. The number of aliphatic hydroxyl groups is 1. The number of carbonyl (C=O) groups is 1. The average molecular weight is 283 g/mol. The molecule has 1 aromatic rings. The number of amides is 1. The van der Waals surface area contributed by atoms with Gasteiger partial charge in [-0.3, -0.25) is 4.79 Å². The van der Waals surface area contributed by atoms with Crippen LogP contribution < -0.4 is 5.32 Å². The molecule has 20 heavy (non-hydrogen) atoms. The molecule has 0 radical (unpaired) electrons. The molecule has 2 rings (SSSR count). The number of nitrogens with one attached hydrogen (secondary N) is 1. The number of benzene rings is 1. The van der Waals surface area contributed by atoms with E-state index < -0.39 is 17.5 Å². The largest absolute Gasteiger partial charge is 0.396 e. The van der Waals surface area contributed by atoms with E-state index >= 15 is 0 Å². The van der Waals surface area contributed by atoms with E-state index in [9.17, 15) is 18.7 Å². The molecule has 5 heteroatoms. The molecule has 1 saturated carbocycles. The molecule has 0 unspecified atom stereocenters. The summed E-state index contributed by atoms with van der Waals surface area (Å²) in [7, 11) is 0. The molecule has 1 fully saturated rings. The van der Waals surface area contributed by atoms with Gasteiger partial charge in [0.2, 0.25) is 0 Å². The lowest BCUT2D eigenvalue weighted by Gasteiger charge is -2.35. The minimum Gasteiger partial charge on any atom is -0.396 e. The summed E-state index contributed by atoms with van der Waals surface area (Å²) in [6.45, 7) is 0.289. The van der Waals surface area contributed by atoms with Crippen molar-refractivity contribution in [2.75, 3.05) is 13.2 Å². The third kappa shape index (κ3) is 3.15. The Morgan fingerprint density at radius 1 is 1.25 bits per heavy atom. The van der Waals surface area contributed by atoms with Crippen molar-refractivity contribution in [2.45, 2.75) is 32.1 Å². The van der Waals surface area contributed by atoms with Gasteiger partial charge in [0.25, 0.3) is 5.91 Å². The molecule has 1 aromatic carbocycles. The van der Waals surface area contributed by atoms with E-state index in [2.05, 4.69) is 5.32 Å². The summed E-state index contributed by atoms with van der Waals surface area (Å²) in [5.41, 5.74) is -0.619. The first-order chi connectivity index (χ1) is 9.58. The van der Waals surface area contributed by atoms with Gasteiger partial charge in [-0.1, -0.05) is 25.3 Å². The summed E-state index contributed by atoms with van der Waals surface area (Å²) < 4.78 is 26.6. The Hall–Kier alpha value is -1.49. The van der Waals surface area contributed by atoms with Crippen molar-refractivity contribution in [1.29, 1.82) is 0 Å². The zero-order chi connectivity index (χ0) is 14.6. The Kier molecular flexibility index (Phi) is 4.70. The minimum absolute atomic E-state index is 0.00108. The van der Waals surface area contributed by atoms with Gasteiger partial charge < -0.3 is 10.4 Å². The molecule has 1 aliphatic rings. The zero-order valence-electron chi connectivity index (χ0n) is 11.3. The fourth-order valence-corrected chi connectivity index (χ4v) is 2.73. The predicted molar refractivity (Wildman–Crippen MR) is 71.3 cm³/mol. The lowest BCUT2D eigenvalue weighted by molar-refractivity contribution is 0.0715. The van der Waals surface area contributed by atoms with Gasteiger partial charge in [0, 0.05) is 12.0 Å². The van der Waals surface area contributed by atoms with E-state index in [4.69, 9.17) is 0 Å². The second-order valence-corrected chi connectivity index (χ2v) is 5.50. The highest BCUT2D eigenvalue weighted by atomic mass is 19.2. The summed E-state index contributed by atoms with van der Waals surface area (Å²) in [5.74, 6) is -2.81. The van der Waals surface area contributed by atoms with Crippen LogP contribution >= 0.6 is 0 Å². The first-order valence-electron chi connectivity index (χ1n) is 6.91. The van der Waals surface area contributed by atoms with Crippen molar-refractivity contribution in [2.24, 2.45) is 5.41 Å². The highest BCUT2D eigenvalue weighted by molar-refractivity contribution is 5.94. The molecule has 0 aromatic heterocycles. The van der Waals surface area contributed by atoms with Crippen LogP contribution in [0.3, 0.4) is 0 Å². The summed E-state index contributed by atoms with van der Waals surface area (Å²) >= 11 is 0. The van der Waals surface area contributed by atoms with Crippen molar-refractivity contribution in [1.82, 2.24) is 5.32 Å². The van der Waals surface area contributed by atoms with Crippen molar-refractivity contribution in [3.8, 4) is 0 Å². The maximum absolute atomic E-state index is 13.5. The molecular formula is C15H19F2NO2. The molecule has 110 valence electrons. The Bertz CT molecular complexity index is 485. The molecule has 0 spiro atoms. The van der Waals surface area contributed by atoms with Gasteiger partial charge in [0.1, 0.15) is 0 Å². The lowest BCUT2D eigenvalue weighted by atomic mass is 9.74. The fraction of sp³-hybridized carbons (Fsp3) is 0.533. The van der Waals surface area contributed by atoms with Crippen LogP contribution in [0.1, 0.15) is 42.5 Å². The van der Waals surface area contributed by atoms with Crippen molar-refractivity contribution in [3.05, 3.63) is 35.4 Å². The zero-order valence-corrected chi connectivity index (χ0v) is 11.3. The minimum atomic E-state index is -1.13. The van der Waals surface area contributed by atoms with Gasteiger partial charge in [-0.15, -0.1) is 0 Å². The van der Waals surface area contributed by atoms with Crippen LogP contribution in [0.4, 0.5) is 8.78 Å². The van der Waals surface area contributed by atoms with Crippen molar-refractivity contribution in [3.63, 3.8) is 0 Å². The number of rotatable bonds is 4. The van der Waals surface area contributed by atoms with Crippen molar-refractivity contribution < 1.29 is 18.7 Å². The van der Waals surface area contributed by atoms with Gasteiger partial charge in [-0.05, 0) is 25.0 Å². The third-order valence-electron chi connectivity index (χ3n) is 4.07. The molecule has 0 saturated heterocycles. The second kappa shape index (κ2) is 6.31. The Morgan fingerprint density at radius 2 is 1.95 bits per heavy atom. The topological polar surface area (TPSA) is 49.3 Å². The fourth-order valence-electron chi connectivity index (χ4n) is 2.73. The lowest BCUT2D eigenvalue weighted by Crippen LogP contribution is -2.41. The maximum atomic E-state index is 13.5. The molecule has 1 amide bonds. The van der Waals surface area contributed by atoms with Crippen LogP contribution in [0.5, 0.6) is 0 Å². The van der Waals surface area contributed by atoms with Crippen LogP contribution in [0.25, 0.3) is 0 Å². The predicted octanol–water partition coefficient (Wildman–Crippen LogP) is 2.64. The number of hydrogen-bond donors (Lipinski definition) is 2. The Morgan fingerprint density at radius 3 is 2.60 bits per heavy atom. The highest BCUT2D eigenvalue weighted by Gasteiger charge is 2.32. The van der Waals surface area contributed by atoms with E-state index in [1.807, 2.05) is 0 Å². The van der Waals surface area contributed by atoms with Crippen LogP contribution in [0.2, 0.25) is 0 Å². The summed E-state index contributed by atoms with van der Waals surface area (Å²) in [6, 6.07) is 3.53. The molecule has 1 aliphatic carbocycles.